The van der Waals surface area contributed by atoms with Crippen LogP contribution in [0.4, 0.5) is 11.5 Å². The number of carbonyl (C=O) groups excluding carboxylic acids is 1. The maximum atomic E-state index is 12.6. The molecule has 0 saturated heterocycles. The zero-order valence-electron chi connectivity index (χ0n) is 15.2. The minimum atomic E-state index is -0.128. The molecule has 2 aromatic carbocycles. The van der Waals surface area contributed by atoms with Crippen LogP contribution < -0.4 is 15.0 Å². The molecule has 136 valence electrons. The van der Waals surface area contributed by atoms with Gasteiger partial charge in [0.15, 0.2) is 0 Å². The normalized spacial score (nSPS) is 12.6. The van der Waals surface area contributed by atoms with E-state index in [0.717, 1.165) is 35.8 Å². The van der Waals surface area contributed by atoms with Crippen molar-refractivity contribution in [3.63, 3.8) is 0 Å². The third kappa shape index (κ3) is 3.49. The molecule has 0 aliphatic carbocycles. The van der Waals surface area contributed by atoms with Crippen LogP contribution in [-0.2, 0) is 13.0 Å². The van der Waals surface area contributed by atoms with Gasteiger partial charge in [0.2, 0.25) is 0 Å². The van der Waals surface area contributed by atoms with Crippen LogP contribution in [0.3, 0.4) is 0 Å². The van der Waals surface area contributed by atoms with E-state index in [4.69, 9.17) is 4.74 Å². The third-order valence-electron chi connectivity index (χ3n) is 4.80. The first kappa shape index (κ1) is 17.1. The molecule has 0 bridgehead atoms. The molecule has 2 heterocycles. The second kappa shape index (κ2) is 7.50. The SMILES string of the molecule is COc1ccccc1CNC(=O)c1ccnc(N2CCc3ccccc32)c1. The molecule has 0 spiro atoms. The Labute approximate surface area is 158 Å². The van der Waals surface area contributed by atoms with Gasteiger partial charge in [0.05, 0.1) is 7.11 Å². The van der Waals surface area contributed by atoms with Crippen molar-refractivity contribution in [3.05, 3.63) is 83.6 Å². The van der Waals surface area contributed by atoms with Crippen molar-refractivity contribution in [1.29, 1.82) is 0 Å². The first-order valence-electron chi connectivity index (χ1n) is 8.98. The molecule has 5 heteroatoms. The van der Waals surface area contributed by atoms with Gasteiger partial charge in [0, 0.05) is 36.1 Å². The number of aromatic nitrogens is 1. The monoisotopic (exact) mass is 359 g/mol. The van der Waals surface area contributed by atoms with Crippen LogP contribution in [-0.4, -0.2) is 24.5 Å². The highest BCUT2D eigenvalue weighted by Gasteiger charge is 2.21. The number of benzene rings is 2. The first-order chi connectivity index (χ1) is 13.3. The second-order valence-electron chi connectivity index (χ2n) is 6.43. The molecule has 1 N–H and O–H groups in total. The van der Waals surface area contributed by atoms with Gasteiger partial charge < -0.3 is 15.0 Å². The number of para-hydroxylation sites is 2. The molecule has 0 atom stereocenters. The molecule has 0 fully saturated rings. The van der Waals surface area contributed by atoms with Crippen LogP contribution >= 0.6 is 0 Å². The van der Waals surface area contributed by atoms with Crippen LogP contribution in [0.25, 0.3) is 0 Å². The summed E-state index contributed by atoms with van der Waals surface area (Å²) >= 11 is 0. The highest BCUT2D eigenvalue weighted by atomic mass is 16.5. The average Bonchev–Trinajstić information content (AvgIpc) is 3.16. The Morgan fingerprint density at radius 1 is 1.15 bits per heavy atom. The molecule has 5 nitrogen and oxygen atoms in total. The number of fused-ring (bicyclic) bond motifs is 1. The van der Waals surface area contributed by atoms with E-state index in [1.165, 1.54) is 5.56 Å². The smallest absolute Gasteiger partial charge is 0.251 e. The molecule has 4 rings (SSSR count). The predicted octanol–water partition coefficient (Wildman–Crippen LogP) is 3.71. The molecule has 0 unspecified atom stereocenters. The third-order valence-corrected chi connectivity index (χ3v) is 4.80. The minimum Gasteiger partial charge on any atom is -0.496 e. The lowest BCUT2D eigenvalue weighted by Crippen LogP contribution is -2.24. The standard InChI is InChI=1S/C22H21N3O2/c1-27-20-9-5-3-7-18(20)15-24-22(26)17-10-12-23-21(14-17)25-13-11-16-6-2-4-8-19(16)25/h2-10,12,14H,11,13,15H2,1H3,(H,24,26). The maximum Gasteiger partial charge on any atom is 0.251 e. The highest BCUT2D eigenvalue weighted by molar-refractivity contribution is 5.95. The number of pyridine rings is 1. The van der Waals surface area contributed by atoms with Gasteiger partial charge in [-0.2, -0.15) is 0 Å². The van der Waals surface area contributed by atoms with Crippen LogP contribution in [0.2, 0.25) is 0 Å². The number of ether oxygens (including phenoxy) is 1. The van der Waals surface area contributed by atoms with E-state index in [9.17, 15) is 4.79 Å². The zero-order valence-corrected chi connectivity index (χ0v) is 15.2. The first-order valence-corrected chi connectivity index (χ1v) is 8.98. The van der Waals surface area contributed by atoms with Crippen molar-refractivity contribution >= 4 is 17.4 Å². The van der Waals surface area contributed by atoms with Crippen molar-refractivity contribution in [3.8, 4) is 5.75 Å². The Bertz CT molecular complexity index is 971. The van der Waals surface area contributed by atoms with E-state index in [0.29, 0.717) is 12.1 Å². The van der Waals surface area contributed by atoms with Gasteiger partial charge in [-0.3, -0.25) is 4.79 Å². The van der Waals surface area contributed by atoms with Gasteiger partial charge in [-0.25, -0.2) is 4.98 Å². The number of hydrogen-bond acceptors (Lipinski definition) is 4. The number of hydrogen-bond donors (Lipinski definition) is 1. The number of anilines is 2. The maximum absolute atomic E-state index is 12.6. The lowest BCUT2D eigenvalue weighted by molar-refractivity contribution is 0.0950. The molecule has 1 aliphatic heterocycles. The predicted molar refractivity (Wildman–Crippen MR) is 106 cm³/mol. The van der Waals surface area contributed by atoms with Crippen molar-refractivity contribution < 1.29 is 9.53 Å². The Hall–Kier alpha value is -3.34. The van der Waals surface area contributed by atoms with Crippen LogP contribution in [0, 0.1) is 0 Å². The zero-order chi connectivity index (χ0) is 18.6. The van der Waals surface area contributed by atoms with Crippen molar-refractivity contribution in [2.24, 2.45) is 0 Å². The Morgan fingerprint density at radius 2 is 1.96 bits per heavy atom. The fourth-order valence-corrected chi connectivity index (χ4v) is 3.41. The van der Waals surface area contributed by atoms with Gasteiger partial charge in [0.1, 0.15) is 11.6 Å². The van der Waals surface area contributed by atoms with E-state index in [1.807, 2.05) is 36.4 Å². The van der Waals surface area contributed by atoms with Gasteiger partial charge in [-0.15, -0.1) is 0 Å². The quantitative estimate of drug-likeness (QED) is 0.754. The molecule has 27 heavy (non-hydrogen) atoms. The molecular formula is C22H21N3O2. The summed E-state index contributed by atoms with van der Waals surface area (Å²) in [6.45, 7) is 1.28. The number of amides is 1. The summed E-state index contributed by atoms with van der Waals surface area (Å²) in [5, 5.41) is 2.96. The second-order valence-corrected chi connectivity index (χ2v) is 6.43. The lowest BCUT2D eigenvalue weighted by atomic mass is 10.1. The number of rotatable bonds is 5. The summed E-state index contributed by atoms with van der Waals surface area (Å²) in [7, 11) is 1.63. The topological polar surface area (TPSA) is 54.5 Å². The van der Waals surface area contributed by atoms with Gasteiger partial charge in [-0.05, 0) is 36.2 Å². The summed E-state index contributed by atoms with van der Waals surface area (Å²) in [4.78, 5) is 19.3. The van der Waals surface area contributed by atoms with Gasteiger partial charge in [-0.1, -0.05) is 36.4 Å². The van der Waals surface area contributed by atoms with Crippen molar-refractivity contribution in [2.45, 2.75) is 13.0 Å². The molecule has 1 aliphatic rings. The molecule has 0 radical (unpaired) electrons. The van der Waals surface area contributed by atoms with E-state index < -0.39 is 0 Å². The molecule has 1 amide bonds. The van der Waals surface area contributed by atoms with Crippen molar-refractivity contribution in [1.82, 2.24) is 10.3 Å². The number of nitrogens with one attached hydrogen (secondary N) is 1. The fourth-order valence-electron chi connectivity index (χ4n) is 3.41. The van der Waals surface area contributed by atoms with E-state index >= 15 is 0 Å². The average molecular weight is 359 g/mol. The van der Waals surface area contributed by atoms with Crippen molar-refractivity contribution in [2.75, 3.05) is 18.6 Å². The van der Waals surface area contributed by atoms with E-state index in [-0.39, 0.29) is 5.91 Å². The lowest BCUT2D eigenvalue weighted by Gasteiger charge is -2.19. The van der Waals surface area contributed by atoms with Crippen LogP contribution in [0.1, 0.15) is 21.5 Å². The summed E-state index contributed by atoms with van der Waals surface area (Å²) in [5.41, 5.74) is 4.01. The summed E-state index contributed by atoms with van der Waals surface area (Å²) in [6, 6.07) is 19.6. The molecule has 3 aromatic rings. The summed E-state index contributed by atoms with van der Waals surface area (Å²) in [5.74, 6) is 1.43. The minimum absolute atomic E-state index is 0.128. The molecular weight excluding hydrogens is 338 g/mol. The number of carbonyl (C=O) groups is 1. The Balaban J connectivity index is 1.50. The van der Waals surface area contributed by atoms with Gasteiger partial charge >= 0.3 is 0 Å². The Morgan fingerprint density at radius 3 is 2.85 bits per heavy atom. The van der Waals surface area contributed by atoms with Crippen LogP contribution in [0.5, 0.6) is 5.75 Å². The largest absolute Gasteiger partial charge is 0.496 e. The highest BCUT2D eigenvalue weighted by Crippen LogP contribution is 2.33. The molecule has 1 aromatic heterocycles. The molecule has 0 saturated carbocycles. The van der Waals surface area contributed by atoms with Crippen LogP contribution in [0.15, 0.2) is 66.9 Å². The number of nitrogens with zero attached hydrogens (tertiary/aromatic N) is 2. The van der Waals surface area contributed by atoms with Gasteiger partial charge in [0.25, 0.3) is 5.91 Å². The summed E-state index contributed by atoms with van der Waals surface area (Å²) < 4.78 is 5.34. The number of methoxy groups -OCH3 is 1. The van der Waals surface area contributed by atoms with E-state index in [1.54, 1.807) is 19.4 Å². The summed E-state index contributed by atoms with van der Waals surface area (Å²) in [6.07, 6.45) is 2.68. The van der Waals surface area contributed by atoms with E-state index in [2.05, 4.69) is 33.4 Å². The fraction of sp³-hybridized carbons (Fsp3) is 0.182. The Kier molecular flexibility index (Phi) is 4.75.